The van der Waals surface area contributed by atoms with Gasteiger partial charge in [0.2, 0.25) is 0 Å². The van der Waals surface area contributed by atoms with Gasteiger partial charge in [0.05, 0.1) is 14.2 Å². The highest BCUT2D eigenvalue weighted by atomic mass is 16.5. The first-order valence-electron chi connectivity index (χ1n) is 9.19. The molecule has 0 fully saturated rings. The predicted molar refractivity (Wildman–Crippen MR) is 108 cm³/mol. The van der Waals surface area contributed by atoms with E-state index in [0.29, 0.717) is 42.5 Å². The fourth-order valence-corrected chi connectivity index (χ4v) is 2.41. The molecule has 0 heterocycles. The lowest BCUT2D eigenvalue weighted by atomic mass is 10.3. The summed E-state index contributed by atoms with van der Waals surface area (Å²) in [6, 6.07) is 14.2. The number of benzene rings is 2. The van der Waals surface area contributed by atoms with Crippen molar-refractivity contribution in [3.8, 4) is 23.0 Å². The second-order valence-electron chi connectivity index (χ2n) is 5.93. The van der Waals surface area contributed by atoms with Crippen LogP contribution < -0.4 is 29.6 Å². The van der Waals surface area contributed by atoms with Crippen molar-refractivity contribution in [2.45, 2.75) is 6.42 Å². The molecule has 0 aromatic heterocycles. The molecule has 0 saturated heterocycles. The van der Waals surface area contributed by atoms with Crippen LogP contribution in [0.25, 0.3) is 0 Å². The SMILES string of the molecule is COc1ccccc1OCC(=O)NCCCNC(=O)COc1ccccc1OC. The summed E-state index contributed by atoms with van der Waals surface area (Å²) in [6.07, 6.45) is 0.584. The minimum Gasteiger partial charge on any atom is -0.493 e. The third-order valence-corrected chi connectivity index (χ3v) is 3.85. The first kappa shape index (κ1) is 21.9. The first-order chi connectivity index (χ1) is 14.1. The number of para-hydroxylation sites is 4. The fourth-order valence-electron chi connectivity index (χ4n) is 2.41. The van der Waals surface area contributed by atoms with E-state index < -0.39 is 0 Å². The van der Waals surface area contributed by atoms with Crippen molar-refractivity contribution in [3.05, 3.63) is 48.5 Å². The molecule has 0 unspecified atom stereocenters. The highest BCUT2D eigenvalue weighted by Crippen LogP contribution is 2.26. The molecular weight excluding hydrogens is 376 g/mol. The van der Waals surface area contributed by atoms with Gasteiger partial charge >= 0.3 is 0 Å². The summed E-state index contributed by atoms with van der Waals surface area (Å²) in [5.41, 5.74) is 0. The minimum absolute atomic E-state index is 0.112. The Bertz CT molecular complexity index is 731. The second kappa shape index (κ2) is 12.1. The van der Waals surface area contributed by atoms with Gasteiger partial charge in [-0.25, -0.2) is 0 Å². The number of rotatable bonds is 12. The molecule has 29 heavy (non-hydrogen) atoms. The molecule has 0 saturated carbocycles. The molecule has 0 atom stereocenters. The van der Waals surface area contributed by atoms with Crippen LogP contribution in [-0.4, -0.2) is 52.3 Å². The second-order valence-corrected chi connectivity index (χ2v) is 5.93. The van der Waals surface area contributed by atoms with E-state index in [1.165, 1.54) is 14.2 Å². The van der Waals surface area contributed by atoms with E-state index in [2.05, 4.69) is 10.6 Å². The molecule has 156 valence electrons. The van der Waals surface area contributed by atoms with E-state index in [9.17, 15) is 9.59 Å². The van der Waals surface area contributed by atoms with E-state index in [0.717, 1.165) is 0 Å². The standard InChI is InChI=1S/C21H26N2O6/c1-26-16-8-3-5-10-18(16)28-14-20(24)22-12-7-13-23-21(25)15-29-19-11-6-4-9-17(19)27-2/h3-6,8-11H,7,12-15H2,1-2H3,(H,22,24)(H,23,25). The molecule has 0 radical (unpaired) electrons. The molecule has 8 heteroatoms. The number of methoxy groups -OCH3 is 2. The average molecular weight is 402 g/mol. The van der Waals surface area contributed by atoms with Gasteiger partial charge in [0.1, 0.15) is 0 Å². The quantitative estimate of drug-likeness (QED) is 0.526. The fraction of sp³-hybridized carbons (Fsp3) is 0.333. The number of ether oxygens (including phenoxy) is 4. The van der Waals surface area contributed by atoms with Gasteiger partial charge in [0, 0.05) is 13.1 Å². The van der Waals surface area contributed by atoms with Gasteiger partial charge in [-0.3, -0.25) is 9.59 Å². The number of amides is 2. The average Bonchev–Trinajstić information content (AvgIpc) is 2.76. The number of nitrogens with one attached hydrogen (secondary N) is 2. The summed E-state index contributed by atoms with van der Waals surface area (Å²) in [4.78, 5) is 23.7. The topological polar surface area (TPSA) is 95.1 Å². The van der Waals surface area contributed by atoms with Gasteiger partial charge in [-0.05, 0) is 30.7 Å². The normalized spacial score (nSPS) is 10.0. The van der Waals surface area contributed by atoms with Crippen LogP contribution in [0.2, 0.25) is 0 Å². The maximum atomic E-state index is 11.8. The van der Waals surface area contributed by atoms with Crippen LogP contribution in [0.15, 0.2) is 48.5 Å². The van der Waals surface area contributed by atoms with Gasteiger partial charge < -0.3 is 29.6 Å². The van der Waals surface area contributed by atoms with Gasteiger partial charge in [-0.2, -0.15) is 0 Å². The van der Waals surface area contributed by atoms with Crippen LogP contribution in [0.4, 0.5) is 0 Å². The molecule has 2 rings (SSSR count). The lowest BCUT2D eigenvalue weighted by Gasteiger charge is -2.11. The summed E-state index contributed by atoms with van der Waals surface area (Å²) < 4.78 is 21.2. The van der Waals surface area contributed by atoms with Gasteiger partial charge in [-0.15, -0.1) is 0 Å². The Morgan fingerprint density at radius 1 is 0.690 bits per heavy atom. The Hall–Kier alpha value is -3.42. The predicted octanol–water partition coefficient (Wildman–Crippen LogP) is 1.78. The minimum atomic E-state index is -0.248. The van der Waals surface area contributed by atoms with Crippen LogP contribution in [0.3, 0.4) is 0 Å². The molecule has 2 aromatic carbocycles. The van der Waals surface area contributed by atoms with Crippen molar-refractivity contribution in [1.82, 2.24) is 10.6 Å². The van der Waals surface area contributed by atoms with Crippen LogP contribution in [-0.2, 0) is 9.59 Å². The third-order valence-electron chi connectivity index (χ3n) is 3.85. The summed E-state index contributed by atoms with van der Waals surface area (Å²) in [6.45, 7) is 0.614. The van der Waals surface area contributed by atoms with Crippen LogP contribution in [0, 0.1) is 0 Å². The molecule has 0 spiro atoms. The zero-order valence-electron chi connectivity index (χ0n) is 16.6. The Balaban J connectivity index is 1.57. The molecule has 0 aliphatic carbocycles. The van der Waals surface area contributed by atoms with Crippen LogP contribution in [0.1, 0.15) is 6.42 Å². The van der Waals surface area contributed by atoms with E-state index in [1.807, 2.05) is 12.1 Å². The van der Waals surface area contributed by atoms with E-state index in [4.69, 9.17) is 18.9 Å². The number of carbonyl (C=O) groups is 2. The summed E-state index contributed by atoms with van der Waals surface area (Å²) in [5, 5.41) is 5.47. The molecule has 2 N–H and O–H groups in total. The first-order valence-corrected chi connectivity index (χ1v) is 9.19. The molecule has 0 aliphatic heterocycles. The van der Waals surface area contributed by atoms with Gasteiger partial charge in [-0.1, -0.05) is 24.3 Å². The monoisotopic (exact) mass is 402 g/mol. The third kappa shape index (κ3) is 7.61. The lowest BCUT2D eigenvalue weighted by molar-refractivity contribution is -0.123. The molecule has 2 amide bonds. The molecular formula is C21H26N2O6. The Kier molecular flexibility index (Phi) is 9.14. The van der Waals surface area contributed by atoms with Crippen molar-refractivity contribution in [1.29, 1.82) is 0 Å². The molecule has 2 aromatic rings. The van der Waals surface area contributed by atoms with Crippen molar-refractivity contribution < 1.29 is 28.5 Å². The smallest absolute Gasteiger partial charge is 0.257 e. The highest BCUT2D eigenvalue weighted by molar-refractivity contribution is 5.78. The van der Waals surface area contributed by atoms with E-state index >= 15 is 0 Å². The number of hydrogen-bond donors (Lipinski definition) is 2. The maximum absolute atomic E-state index is 11.8. The highest BCUT2D eigenvalue weighted by Gasteiger charge is 2.08. The zero-order chi connectivity index (χ0) is 20.9. The maximum Gasteiger partial charge on any atom is 0.257 e. The lowest BCUT2D eigenvalue weighted by Crippen LogP contribution is -2.34. The molecule has 0 bridgehead atoms. The van der Waals surface area contributed by atoms with Crippen molar-refractivity contribution in [2.75, 3.05) is 40.5 Å². The largest absolute Gasteiger partial charge is 0.493 e. The van der Waals surface area contributed by atoms with Crippen molar-refractivity contribution in [3.63, 3.8) is 0 Å². The number of hydrogen-bond acceptors (Lipinski definition) is 6. The summed E-state index contributed by atoms with van der Waals surface area (Å²) >= 11 is 0. The summed E-state index contributed by atoms with van der Waals surface area (Å²) in [7, 11) is 3.08. The van der Waals surface area contributed by atoms with Gasteiger partial charge in [0.25, 0.3) is 11.8 Å². The van der Waals surface area contributed by atoms with E-state index in [1.54, 1.807) is 36.4 Å². The molecule has 0 aliphatic rings. The zero-order valence-corrected chi connectivity index (χ0v) is 16.6. The Morgan fingerprint density at radius 3 is 1.45 bits per heavy atom. The van der Waals surface area contributed by atoms with Crippen LogP contribution in [0.5, 0.6) is 23.0 Å². The van der Waals surface area contributed by atoms with Crippen molar-refractivity contribution in [2.24, 2.45) is 0 Å². The van der Waals surface area contributed by atoms with Crippen molar-refractivity contribution >= 4 is 11.8 Å². The van der Waals surface area contributed by atoms with E-state index in [-0.39, 0.29) is 25.0 Å². The van der Waals surface area contributed by atoms with Crippen LogP contribution >= 0.6 is 0 Å². The Labute approximate surface area is 170 Å². The van der Waals surface area contributed by atoms with Gasteiger partial charge in [0.15, 0.2) is 36.2 Å². The molecule has 8 nitrogen and oxygen atoms in total. The Morgan fingerprint density at radius 2 is 1.07 bits per heavy atom. The summed E-state index contributed by atoms with van der Waals surface area (Å²) in [5.74, 6) is 1.65. The number of carbonyl (C=O) groups excluding carboxylic acids is 2.